The fourth-order valence-electron chi connectivity index (χ4n) is 2.79. The Hall–Kier alpha value is -2.81. The SMILES string of the molecule is FC(F)(F)c1cc(-c2ccc(-c3nc4ccccc4[nH]3)s2)cc(C(F)(F)F)c1. The van der Waals surface area contributed by atoms with Gasteiger partial charge in [-0.3, -0.25) is 0 Å². The van der Waals surface area contributed by atoms with Crippen molar-refractivity contribution in [3.05, 3.63) is 65.7 Å². The van der Waals surface area contributed by atoms with Crippen molar-refractivity contribution in [1.82, 2.24) is 9.97 Å². The summed E-state index contributed by atoms with van der Waals surface area (Å²) in [4.78, 5) is 8.38. The van der Waals surface area contributed by atoms with Gasteiger partial charge in [0.05, 0.1) is 27.0 Å². The molecule has 28 heavy (non-hydrogen) atoms. The van der Waals surface area contributed by atoms with Crippen LogP contribution in [0.1, 0.15) is 11.1 Å². The molecule has 0 fully saturated rings. The van der Waals surface area contributed by atoms with E-state index in [4.69, 9.17) is 0 Å². The molecular formula is C19H10F6N2S. The van der Waals surface area contributed by atoms with Crippen LogP contribution in [0.5, 0.6) is 0 Å². The van der Waals surface area contributed by atoms with Gasteiger partial charge in [-0.05, 0) is 48.0 Å². The Bertz CT molecular complexity index is 1090. The van der Waals surface area contributed by atoms with Crippen LogP contribution in [0, 0.1) is 0 Å². The van der Waals surface area contributed by atoms with E-state index in [1.165, 1.54) is 6.07 Å². The number of H-pyrrole nitrogens is 1. The quantitative estimate of drug-likeness (QED) is 0.353. The number of alkyl halides is 6. The third-order valence-corrected chi connectivity index (χ3v) is 5.24. The van der Waals surface area contributed by atoms with Gasteiger partial charge < -0.3 is 4.98 Å². The average Bonchev–Trinajstić information content (AvgIpc) is 3.26. The second-order valence-electron chi connectivity index (χ2n) is 6.06. The maximum absolute atomic E-state index is 13.1. The number of nitrogens with zero attached hydrogens (tertiary/aromatic N) is 1. The van der Waals surface area contributed by atoms with Crippen LogP contribution in [0.2, 0.25) is 0 Å². The summed E-state index contributed by atoms with van der Waals surface area (Å²) in [7, 11) is 0. The lowest BCUT2D eigenvalue weighted by Gasteiger charge is -2.13. The highest BCUT2D eigenvalue weighted by Gasteiger charge is 2.37. The van der Waals surface area contributed by atoms with E-state index in [1.807, 2.05) is 18.2 Å². The van der Waals surface area contributed by atoms with E-state index < -0.39 is 23.5 Å². The van der Waals surface area contributed by atoms with Gasteiger partial charge >= 0.3 is 12.4 Å². The molecule has 2 nitrogen and oxygen atoms in total. The van der Waals surface area contributed by atoms with Gasteiger partial charge in [0.15, 0.2) is 0 Å². The van der Waals surface area contributed by atoms with E-state index in [1.54, 1.807) is 12.1 Å². The molecule has 0 aliphatic carbocycles. The number of hydrogen-bond acceptors (Lipinski definition) is 2. The van der Waals surface area contributed by atoms with Crippen molar-refractivity contribution in [2.45, 2.75) is 12.4 Å². The van der Waals surface area contributed by atoms with E-state index in [0.29, 0.717) is 16.2 Å². The number of imidazole rings is 1. The second kappa shape index (κ2) is 6.37. The van der Waals surface area contributed by atoms with Crippen LogP contribution in [-0.4, -0.2) is 9.97 Å². The summed E-state index contributed by atoms with van der Waals surface area (Å²) in [5.74, 6) is 0.500. The molecule has 2 aromatic carbocycles. The van der Waals surface area contributed by atoms with E-state index in [0.717, 1.165) is 29.0 Å². The minimum absolute atomic E-state index is 0.122. The molecule has 4 rings (SSSR count). The number of thiophene rings is 1. The summed E-state index contributed by atoms with van der Waals surface area (Å²) in [5.41, 5.74) is -1.32. The number of nitrogens with one attached hydrogen (secondary N) is 1. The number of fused-ring (bicyclic) bond motifs is 1. The summed E-state index contributed by atoms with van der Waals surface area (Å²) < 4.78 is 78.4. The molecule has 4 aromatic rings. The van der Waals surface area contributed by atoms with E-state index in [2.05, 4.69) is 9.97 Å². The van der Waals surface area contributed by atoms with Crippen LogP contribution < -0.4 is 0 Å². The Morgan fingerprint density at radius 2 is 1.36 bits per heavy atom. The Morgan fingerprint density at radius 1 is 0.750 bits per heavy atom. The molecular weight excluding hydrogens is 402 g/mol. The molecule has 144 valence electrons. The minimum Gasteiger partial charge on any atom is -0.337 e. The number of rotatable bonds is 2. The topological polar surface area (TPSA) is 28.7 Å². The van der Waals surface area contributed by atoms with Crippen molar-refractivity contribution in [1.29, 1.82) is 0 Å². The zero-order valence-corrected chi connectivity index (χ0v) is 14.6. The molecule has 2 heterocycles. The van der Waals surface area contributed by atoms with Gasteiger partial charge in [-0.2, -0.15) is 26.3 Å². The Kier molecular flexibility index (Phi) is 4.22. The van der Waals surface area contributed by atoms with Gasteiger partial charge in [0.1, 0.15) is 5.82 Å². The van der Waals surface area contributed by atoms with Crippen LogP contribution >= 0.6 is 11.3 Å². The normalized spacial score (nSPS) is 12.6. The highest BCUT2D eigenvalue weighted by atomic mass is 32.1. The van der Waals surface area contributed by atoms with Gasteiger partial charge in [-0.25, -0.2) is 4.98 Å². The van der Waals surface area contributed by atoms with E-state index in [9.17, 15) is 26.3 Å². The molecule has 0 aliphatic rings. The molecule has 0 amide bonds. The molecule has 0 atom stereocenters. The summed E-state index contributed by atoms with van der Waals surface area (Å²) in [5, 5.41) is 0. The maximum Gasteiger partial charge on any atom is 0.416 e. The molecule has 0 unspecified atom stereocenters. The number of aromatic amines is 1. The molecule has 0 saturated carbocycles. The second-order valence-corrected chi connectivity index (χ2v) is 7.14. The Balaban J connectivity index is 1.79. The first-order valence-corrected chi connectivity index (χ1v) is 8.78. The number of benzene rings is 2. The Labute approximate surface area is 158 Å². The summed E-state index contributed by atoms with van der Waals surface area (Å²) in [6.07, 6.45) is -9.76. The van der Waals surface area contributed by atoms with Crippen LogP contribution in [-0.2, 0) is 12.4 Å². The first kappa shape index (κ1) is 18.5. The zero-order valence-electron chi connectivity index (χ0n) is 13.8. The van der Waals surface area contributed by atoms with Crippen LogP contribution in [0.4, 0.5) is 26.3 Å². The monoisotopic (exact) mass is 412 g/mol. The van der Waals surface area contributed by atoms with Gasteiger partial charge in [-0.15, -0.1) is 11.3 Å². The van der Waals surface area contributed by atoms with Crippen LogP contribution in [0.25, 0.3) is 32.2 Å². The van der Waals surface area contributed by atoms with Crippen molar-refractivity contribution in [2.75, 3.05) is 0 Å². The standard InChI is InChI=1S/C19H10F6N2S/c20-18(21,22)11-7-10(8-12(9-11)19(23,24)25)15-5-6-16(28-15)17-26-13-3-1-2-4-14(13)27-17/h1-9H,(H,26,27). The minimum atomic E-state index is -4.88. The predicted molar refractivity (Wildman–Crippen MR) is 94.8 cm³/mol. The largest absolute Gasteiger partial charge is 0.416 e. The molecule has 0 saturated heterocycles. The number of para-hydroxylation sites is 2. The molecule has 0 radical (unpaired) electrons. The molecule has 1 N–H and O–H groups in total. The van der Waals surface area contributed by atoms with Crippen molar-refractivity contribution < 1.29 is 26.3 Å². The fourth-order valence-corrected chi connectivity index (χ4v) is 3.73. The van der Waals surface area contributed by atoms with Gasteiger partial charge in [0.25, 0.3) is 0 Å². The summed E-state index contributed by atoms with van der Waals surface area (Å²) in [6.45, 7) is 0. The van der Waals surface area contributed by atoms with Crippen molar-refractivity contribution in [2.24, 2.45) is 0 Å². The number of halogens is 6. The van der Waals surface area contributed by atoms with Gasteiger partial charge in [0.2, 0.25) is 0 Å². The Morgan fingerprint density at radius 3 is 1.96 bits per heavy atom. The first-order chi connectivity index (χ1) is 13.1. The van der Waals surface area contributed by atoms with E-state index >= 15 is 0 Å². The molecule has 0 aliphatic heterocycles. The van der Waals surface area contributed by atoms with Crippen LogP contribution in [0.15, 0.2) is 54.6 Å². The van der Waals surface area contributed by atoms with Gasteiger partial charge in [-0.1, -0.05) is 12.1 Å². The summed E-state index contributed by atoms with van der Waals surface area (Å²) in [6, 6.07) is 11.9. The average molecular weight is 412 g/mol. The van der Waals surface area contributed by atoms with E-state index in [-0.39, 0.29) is 16.5 Å². The molecule has 9 heteroatoms. The lowest BCUT2D eigenvalue weighted by molar-refractivity contribution is -0.143. The number of aromatic nitrogens is 2. The third-order valence-electron chi connectivity index (χ3n) is 4.10. The predicted octanol–water partition coefficient (Wildman–Crippen LogP) is 7.00. The molecule has 0 bridgehead atoms. The lowest BCUT2D eigenvalue weighted by atomic mass is 10.0. The number of hydrogen-bond donors (Lipinski definition) is 1. The zero-order chi connectivity index (χ0) is 20.1. The fraction of sp³-hybridized carbons (Fsp3) is 0.105. The first-order valence-electron chi connectivity index (χ1n) is 7.96. The maximum atomic E-state index is 13.1. The van der Waals surface area contributed by atoms with Crippen molar-refractivity contribution in [3.8, 4) is 21.1 Å². The van der Waals surface area contributed by atoms with Crippen molar-refractivity contribution in [3.63, 3.8) is 0 Å². The lowest BCUT2D eigenvalue weighted by Crippen LogP contribution is -2.10. The van der Waals surface area contributed by atoms with Crippen LogP contribution in [0.3, 0.4) is 0 Å². The van der Waals surface area contributed by atoms with Gasteiger partial charge in [0, 0.05) is 4.88 Å². The molecule has 2 aromatic heterocycles. The molecule has 0 spiro atoms. The smallest absolute Gasteiger partial charge is 0.337 e. The summed E-state index contributed by atoms with van der Waals surface area (Å²) >= 11 is 1.06. The van der Waals surface area contributed by atoms with Crippen molar-refractivity contribution >= 4 is 22.4 Å². The third kappa shape index (κ3) is 3.49. The highest BCUT2D eigenvalue weighted by Crippen LogP contribution is 2.41. The highest BCUT2D eigenvalue weighted by molar-refractivity contribution is 7.18.